The van der Waals surface area contributed by atoms with Crippen LogP contribution in [0.5, 0.6) is 0 Å². The predicted octanol–water partition coefficient (Wildman–Crippen LogP) is 7.24. The predicted molar refractivity (Wildman–Crippen MR) is 450 cm³/mol. The number of nitrogens with zero attached hydrogens (tertiary/aromatic N) is 11. The van der Waals surface area contributed by atoms with Crippen LogP contribution in [0, 0.1) is 0 Å². The van der Waals surface area contributed by atoms with Gasteiger partial charge in [-0.15, -0.1) is 5.10 Å². The fourth-order valence-corrected chi connectivity index (χ4v) is 19.0. The van der Waals surface area contributed by atoms with Crippen LogP contribution in [-0.2, 0) is 109 Å². The molecule has 12 atom stereocenters. The third kappa shape index (κ3) is 24.1. The average molecular weight is 1790 g/mol. The molecular formula is C77H93BF2N19O21P3S. The summed E-state index contributed by atoms with van der Waals surface area (Å²) in [4.78, 5) is 123. The molecule has 2 unspecified atom stereocenters. The number of aromatic nitrogens is 10. The van der Waals surface area contributed by atoms with Crippen molar-refractivity contribution in [3.8, 4) is 22.5 Å². The third-order valence-electron chi connectivity index (χ3n) is 20.2. The highest BCUT2D eigenvalue weighted by Crippen LogP contribution is 2.65. The number of anilines is 5. The maximum Gasteiger partial charge on any atom is 0.407 e. The first-order valence-corrected chi connectivity index (χ1v) is 46.9. The zero-order valence-corrected chi connectivity index (χ0v) is 70.8. The maximum atomic E-state index is 17.1. The Kier molecular flexibility index (Phi) is 30.8. The molecule has 124 heavy (non-hydrogen) atoms. The summed E-state index contributed by atoms with van der Waals surface area (Å²) in [5.74, 6) is -2.31. The van der Waals surface area contributed by atoms with Gasteiger partial charge in [-0.1, -0.05) is 78.4 Å². The number of rotatable bonds is 36. The van der Waals surface area contributed by atoms with Gasteiger partial charge in [0.05, 0.1) is 75.8 Å². The van der Waals surface area contributed by atoms with Gasteiger partial charge in [0.25, 0.3) is 15.0 Å². The van der Waals surface area contributed by atoms with E-state index in [0.29, 0.717) is 95.9 Å². The van der Waals surface area contributed by atoms with Crippen LogP contribution >= 0.6 is 33.2 Å². The number of alkyl carbamates (subject to hydrolysis) is 1. The van der Waals surface area contributed by atoms with E-state index in [1.54, 1.807) is 53.4 Å². The molecule has 12 N–H and O–H groups in total. The maximum absolute atomic E-state index is 17.1. The van der Waals surface area contributed by atoms with E-state index in [-0.39, 0.29) is 148 Å². The lowest BCUT2D eigenvalue weighted by Gasteiger charge is -2.30. The van der Waals surface area contributed by atoms with Crippen LogP contribution in [0.4, 0.5) is 42.1 Å². The first-order chi connectivity index (χ1) is 59.6. The molecule has 0 radical (unpaired) electrons. The Hall–Kier alpha value is -10.6. The van der Waals surface area contributed by atoms with E-state index in [4.69, 9.17) is 53.4 Å². The van der Waals surface area contributed by atoms with Crippen molar-refractivity contribution in [2.75, 3.05) is 92.9 Å². The number of imidazole rings is 2. The second-order valence-corrected chi connectivity index (χ2v) is 37.5. The standard InChI is InChI=1S/C77H93BF2N19O21P3S/c1-121(108,109)114-39-51(100)38-112-33-11-29-85-77(107)113-37-46-19-23-49(24-20-46)92-61(104)35-87-60(103)18-9-8-17-58(101)83-31-28-63(106)96-36-48-12-4-5-13-52(48)69-66(53-14-6-7-15-55(53)96)94-95-99(69)32-10-2-3-16-59(102)86-34-62(105)93-50-25-21-47(22-26-50)42-124-123(111)116-41-57-70(64(79)75(118-57)98-45-91-68-72(82)88-43-89-74(68)98)119-122(78,110)115-40-56-71(120-123)65(80)76(117-56)97-44-90-67-54(81)27-30-84-73(67)97/h4-7,12-15,19-27,30,43-45,51,56-57,64-65,70-71,75-76,100H,2-3,8-11,16-18,28-29,31-42,78H2,1H3,(H2,81,84)(H,83,101)(H,85,107)(H,86,102)(H,87,103)(H,92,104)(H,93,105)(H,108,109)(H2,82,88,89)/t51?,56-,57-,64-,65-,70-,71-,75-,76-,122-,123+/m1/s1. The van der Waals surface area contributed by atoms with E-state index >= 15 is 13.3 Å². The molecular weight excluding hydrogens is 1700 g/mol. The van der Waals surface area contributed by atoms with Crippen molar-refractivity contribution in [2.45, 2.75) is 145 Å². The number of alkyl halides is 2. The van der Waals surface area contributed by atoms with Gasteiger partial charge >= 0.3 is 20.5 Å². The summed E-state index contributed by atoms with van der Waals surface area (Å²) in [5.41, 5.74) is 19.4. The van der Waals surface area contributed by atoms with Gasteiger partial charge in [0.1, 0.15) is 60.2 Å². The molecule has 7 amide bonds. The number of para-hydroxylation sites is 1. The van der Waals surface area contributed by atoms with Gasteiger partial charge in [0.15, 0.2) is 41.9 Å². The molecule has 4 aromatic carbocycles. The number of aliphatic hydroxyl groups excluding tert-OH is 1. The van der Waals surface area contributed by atoms with Crippen molar-refractivity contribution in [3.63, 3.8) is 0 Å². The first kappa shape index (κ1) is 91.2. The topological polar surface area (TPSA) is 527 Å². The van der Waals surface area contributed by atoms with Gasteiger partial charge < -0.3 is 90.8 Å². The highest BCUT2D eigenvalue weighted by atomic mass is 32.7. The average Bonchev–Trinajstić information content (AvgIpc) is 1.48. The number of carbonyl (C=O) groups excluding carboxylic acids is 7. The van der Waals surface area contributed by atoms with Crippen LogP contribution in [0.2, 0.25) is 0 Å². The molecule has 4 aliphatic heterocycles. The van der Waals surface area contributed by atoms with Crippen molar-refractivity contribution >= 4 is 133 Å². The quantitative estimate of drug-likeness (QED) is 0.0105. The summed E-state index contributed by atoms with van der Waals surface area (Å²) in [5, 5.41) is 35.1. The van der Waals surface area contributed by atoms with Gasteiger partial charge in [-0.3, -0.25) is 56.1 Å². The van der Waals surface area contributed by atoms with Crippen molar-refractivity contribution in [1.82, 2.24) is 70.3 Å². The summed E-state index contributed by atoms with van der Waals surface area (Å²) in [6.07, 6.45) is -6.98. The van der Waals surface area contributed by atoms with Crippen LogP contribution in [0.15, 0.2) is 128 Å². The van der Waals surface area contributed by atoms with Crippen LogP contribution in [-0.4, -0.2) is 217 Å². The van der Waals surface area contributed by atoms with Crippen LogP contribution in [0.3, 0.4) is 0 Å². The Bertz CT molecular complexity index is 5450. The van der Waals surface area contributed by atoms with Crippen LogP contribution in [0.25, 0.3) is 44.8 Å². The molecule has 3 fully saturated rings. The zero-order chi connectivity index (χ0) is 87.7. The number of ether oxygens (including phenoxy) is 4. The van der Waals surface area contributed by atoms with Crippen LogP contribution < -0.4 is 48.3 Å². The Morgan fingerprint density at radius 1 is 0.669 bits per heavy atom. The minimum Gasteiger partial charge on any atom is -0.445 e. The fraction of sp³-hybridized carbons (Fsp3) is 0.429. The molecule has 9 aromatic rings. The van der Waals surface area contributed by atoms with Gasteiger partial charge in [-0.25, -0.2) is 47.7 Å². The number of fused-ring (bicyclic) bond motifs is 9. The van der Waals surface area contributed by atoms with Gasteiger partial charge in [0.2, 0.25) is 35.4 Å². The number of amides is 7. The Balaban J connectivity index is 0.524. The Labute approximate surface area is 713 Å². The number of carbonyl (C=O) groups is 7. The molecule has 3 saturated heterocycles. The SMILES string of the molecule is B[P@@]1(=O)OC[C@H]2O[C@@H](n3cnc4c(N)ccnc43)[C@H](F)[C@@H]2O[P@@](=O)(SCc2ccc(NC(=O)CNC(=O)CCCCCn3nnc4c3-c3ccccc3CN(C(=O)CCNC(=O)CCCCC(=O)NCC(=O)Nc3ccc(COC(=O)NCCCOCC(O)COP(C)(=O)O)cc3)c3ccccc3-4)cc2)OC[C@H]2O[C@@H](n3cnc4c(N)ncnc43)[C@H](F)[C@@H]2O1. The molecule has 0 saturated carbocycles. The number of nitrogen functional groups attached to an aromatic ring is 2. The zero-order valence-electron chi connectivity index (χ0n) is 67.3. The number of benzene rings is 4. The lowest BCUT2D eigenvalue weighted by atomic mass is 9.95. The summed E-state index contributed by atoms with van der Waals surface area (Å²) in [6.45, 7) is -4.96. The number of halogens is 2. The number of aryl methyl sites for hydroxylation is 1. The van der Waals surface area contributed by atoms with Crippen molar-refractivity contribution in [1.29, 1.82) is 0 Å². The Morgan fingerprint density at radius 3 is 1.95 bits per heavy atom. The third-order valence-corrected chi connectivity index (χ3v) is 25.7. The molecule has 9 heterocycles. The van der Waals surface area contributed by atoms with E-state index in [2.05, 4.69) is 71.7 Å². The summed E-state index contributed by atoms with van der Waals surface area (Å²) < 4.78 is 130. The number of aliphatic hydroxyl groups is 1. The molecule has 0 aliphatic carbocycles. The number of nitrogens with two attached hydrogens (primary N) is 2. The lowest BCUT2D eigenvalue weighted by Crippen LogP contribution is -2.37. The molecule has 0 bridgehead atoms. The molecule has 0 spiro atoms. The highest BCUT2D eigenvalue weighted by Gasteiger charge is 2.55. The number of unbranched alkanes of at least 4 members (excludes halogenated alkanes) is 3. The minimum atomic E-state index is -4.61. The first-order valence-electron chi connectivity index (χ1n) is 39.8. The summed E-state index contributed by atoms with van der Waals surface area (Å²) >= 11 is 0.671. The molecule has 660 valence electrons. The second kappa shape index (κ2) is 42.0. The minimum absolute atomic E-state index is 0.0145. The van der Waals surface area contributed by atoms with Gasteiger partial charge in [-0.2, -0.15) is 0 Å². The van der Waals surface area contributed by atoms with Gasteiger partial charge in [0, 0.05) is 93.0 Å². The lowest BCUT2D eigenvalue weighted by molar-refractivity contribution is -0.124. The van der Waals surface area contributed by atoms with Crippen molar-refractivity contribution in [2.24, 2.45) is 0 Å². The van der Waals surface area contributed by atoms with Crippen LogP contribution in [0.1, 0.15) is 93.4 Å². The van der Waals surface area contributed by atoms with E-state index in [9.17, 15) is 47.8 Å². The second-order valence-electron chi connectivity index (χ2n) is 29.6. The summed E-state index contributed by atoms with van der Waals surface area (Å²) in [7, 11) is -6.86. The molecule has 5 aromatic heterocycles. The normalized spacial score (nSPS) is 21.9. The van der Waals surface area contributed by atoms with Crippen molar-refractivity contribution < 1.29 is 108 Å². The number of pyridine rings is 1. The molecule has 13 rings (SSSR count). The van der Waals surface area contributed by atoms with E-state index in [0.717, 1.165) is 37.4 Å². The largest absolute Gasteiger partial charge is 0.445 e. The van der Waals surface area contributed by atoms with E-state index < -0.39 is 108 Å². The van der Waals surface area contributed by atoms with E-state index in [1.165, 1.54) is 34.1 Å². The highest BCUT2D eigenvalue weighted by molar-refractivity contribution is 8.54. The van der Waals surface area contributed by atoms with E-state index in [1.807, 2.05) is 53.2 Å². The molecule has 40 nitrogen and oxygen atoms in total. The van der Waals surface area contributed by atoms with Gasteiger partial charge in [-0.05, 0) is 96.6 Å². The molecule has 47 heteroatoms. The molecule has 4 aliphatic rings. The number of hydrogen-bond acceptors (Lipinski definition) is 30. The number of hydrogen-bond donors (Lipinski definition) is 10. The number of nitrogens with one attached hydrogen (secondary N) is 6. The van der Waals surface area contributed by atoms with Crippen molar-refractivity contribution in [3.05, 3.63) is 145 Å². The monoisotopic (exact) mass is 1790 g/mol. The smallest absolute Gasteiger partial charge is 0.407 e. The fourth-order valence-electron chi connectivity index (χ4n) is 14.0. The Morgan fingerprint density at radius 2 is 1.27 bits per heavy atom. The summed E-state index contributed by atoms with van der Waals surface area (Å²) in [6, 6.07) is 29.6.